The number of nitrogens with two attached hydrogens (primary N) is 1. The molecule has 0 radical (unpaired) electrons. The third-order valence-electron chi connectivity index (χ3n) is 2.28. The maximum Gasteiger partial charge on any atom is 0.259 e. The van der Waals surface area contributed by atoms with Crippen molar-refractivity contribution in [3.63, 3.8) is 0 Å². The van der Waals surface area contributed by atoms with Crippen LogP contribution in [0.3, 0.4) is 0 Å². The summed E-state index contributed by atoms with van der Waals surface area (Å²) in [4.78, 5) is 15.9. The molecule has 92 valence electrons. The molecule has 0 saturated carbocycles. The summed E-state index contributed by atoms with van der Waals surface area (Å²) in [6, 6.07) is 6.94. The second-order valence-electron chi connectivity index (χ2n) is 3.54. The Morgan fingerprint density at radius 2 is 2.17 bits per heavy atom. The molecule has 1 amide bonds. The molecule has 0 aliphatic heterocycles. The summed E-state index contributed by atoms with van der Waals surface area (Å²) in [5, 5.41) is 3.18. The number of nitrogens with one attached hydrogen (secondary N) is 1. The predicted octanol–water partition coefficient (Wildman–Crippen LogP) is 3.17. The molecular weight excluding hydrogens is 365 g/mol. The molecule has 0 fully saturated rings. The Hall–Kier alpha value is -1.34. The van der Waals surface area contributed by atoms with E-state index >= 15 is 0 Å². The van der Waals surface area contributed by atoms with E-state index in [-0.39, 0.29) is 5.91 Å². The fourth-order valence-corrected chi connectivity index (χ4v) is 2.28. The molecular formula is C12H9ClIN3O. The minimum absolute atomic E-state index is 0.326. The van der Waals surface area contributed by atoms with Gasteiger partial charge >= 0.3 is 0 Å². The number of hydrogen-bond donors (Lipinski definition) is 2. The van der Waals surface area contributed by atoms with E-state index in [9.17, 15) is 4.79 Å². The lowest BCUT2D eigenvalue weighted by Crippen LogP contribution is -2.14. The Kier molecular flexibility index (Phi) is 4.03. The number of rotatable bonds is 2. The minimum Gasteiger partial charge on any atom is -0.398 e. The van der Waals surface area contributed by atoms with Crippen LogP contribution in [0.2, 0.25) is 5.02 Å². The van der Waals surface area contributed by atoms with Crippen molar-refractivity contribution in [3.8, 4) is 0 Å². The molecule has 0 unspecified atom stereocenters. The molecule has 2 aromatic rings. The third-order valence-corrected chi connectivity index (χ3v) is 3.26. The molecule has 0 aliphatic rings. The van der Waals surface area contributed by atoms with Crippen LogP contribution in [0.25, 0.3) is 0 Å². The highest BCUT2D eigenvalue weighted by Gasteiger charge is 2.11. The van der Waals surface area contributed by atoms with Crippen molar-refractivity contribution >= 4 is 51.5 Å². The fraction of sp³-hybridized carbons (Fsp3) is 0. The van der Waals surface area contributed by atoms with Crippen LogP contribution >= 0.6 is 34.2 Å². The summed E-state index contributed by atoms with van der Waals surface area (Å²) in [6.07, 6.45) is 2.95. The van der Waals surface area contributed by atoms with Crippen LogP contribution in [-0.4, -0.2) is 10.9 Å². The molecule has 6 heteroatoms. The van der Waals surface area contributed by atoms with E-state index in [4.69, 9.17) is 17.3 Å². The zero-order valence-corrected chi connectivity index (χ0v) is 12.1. The number of aromatic nitrogens is 1. The van der Waals surface area contributed by atoms with E-state index in [0.717, 1.165) is 3.57 Å². The molecule has 0 bridgehead atoms. The van der Waals surface area contributed by atoms with Crippen molar-refractivity contribution in [1.82, 2.24) is 4.98 Å². The second-order valence-corrected chi connectivity index (χ2v) is 5.19. The monoisotopic (exact) mass is 373 g/mol. The van der Waals surface area contributed by atoms with Gasteiger partial charge in [0.2, 0.25) is 0 Å². The van der Waals surface area contributed by atoms with Crippen LogP contribution in [0.5, 0.6) is 0 Å². The number of amides is 1. The van der Waals surface area contributed by atoms with Gasteiger partial charge in [-0.05, 0) is 46.9 Å². The molecule has 18 heavy (non-hydrogen) atoms. The highest BCUT2D eigenvalue weighted by atomic mass is 127. The quantitative estimate of drug-likeness (QED) is 0.795. The van der Waals surface area contributed by atoms with Gasteiger partial charge in [0.05, 0.1) is 16.3 Å². The highest BCUT2D eigenvalue weighted by molar-refractivity contribution is 14.1. The summed E-state index contributed by atoms with van der Waals surface area (Å²) in [7, 11) is 0. The standard InChI is InChI=1S/C12H9ClIN3O/c13-9-5-7(14)1-2-11(9)17-12(18)8-6-16-4-3-10(8)15/h1-6H,(H2,15,16)(H,17,18). The first-order valence-electron chi connectivity index (χ1n) is 5.04. The summed E-state index contributed by atoms with van der Waals surface area (Å²) < 4.78 is 0.997. The van der Waals surface area contributed by atoms with Crippen LogP contribution in [0.4, 0.5) is 11.4 Å². The summed E-state index contributed by atoms with van der Waals surface area (Å²) in [6.45, 7) is 0. The van der Waals surface area contributed by atoms with Gasteiger partial charge in [0.1, 0.15) is 0 Å². The van der Waals surface area contributed by atoms with Crippen molar-refractivity contribution in [2.75, 3.05) is 11.1 Å². The highest BCUT2D eigenvalue weighted by Crippen LogP contribution is 2.24. The van der Waals surface area contributed by atoms with Gasteiger partial charge in [0, 0.05) is 21.7 Å². The lowest BCUT2D eigenvalue weighted by Gasteiger charge is -2.08. The maximum atomic E-state index is 12.0. The number of halogens is 2. The van der Waals surface area contributed by atoms with Gasteiger partial charge in [-0.25, -0.2) is 0 Å². The van der Waals surface area contributed by atoms with Crippen molar-refractivity contribution in [2.45, 2.75) is 0 Å². The third kappa shape index (κ3) is 2.91. The number of carbonyl (C=O) groups excluding carboxylic acids is 1. The SMILES string of the molecule is Nc1ccncc1C(=O)Nc1ccc(I)cc1Cl. The molecule has 0 spiro atoms. The zero-order chi connectivity index (χ0) is 13.1. The number of hydrogen-bond acceptors (Lipinski definition) is 3. The molecule has 1 aromatic carbocycles. The smallest absolute Gasteiger partial charge is 0.259 e. The zero-order valence-electron chi connectivity index (χ0n) is 9.15. The normalized spacial score (nSPS) is 10.1. The summed E-state index contributed by atoms with van der Waals surface area (Å²) >= 11 is 8.18. The lowest BCUT2D eigenvalue weighted by atomic mass is 10.2. The Bertz CT molecular complexity index is 604. The van der Waals surface area contributed by atoms with E-state index in [0.29, 0.717) is 22.0 Å². The number of anilines is 2. The predicted molar refractivity (Wildman–Crippen MR) is 80.8 cm³/mol. The van der Waals surface area contributed by atoms with Crippen molar-refractivity contribution < 1.29 is 4.79 Å². The van der Waals surface area contributed by atoms with Crippen molar-refractivity contribution in [2.24, 2.45) is 0 Å². The number of nitrogens with zero attached hydrogens (tertiary/aromatic N) is 1. The molecule has 3 N–H and O–H groups in total. The molecule has 1 aromatic heterocycles. The van der Waals surface area contributed by atoms with Crippen molar-refractivity contribution in [3.05, 3.63) is 50.8 Å². The average molecular weight is 374 g/mol. The van der Waals surface area contributed by atoms with Crippen LogP contribution in [-0.2, 0) is 0 Å². The molecule has 0 aliphatic carbocycles. The molecule has 2 rings (SSSR count). The van der Waals surface area contributed by atoms with Gasteiger partial charge in [0.15, 0.2) is 0 Å². The Morgan fingerprint density at radius 3 is 2.83 bits per heavy atom. The largest absolute Gasteiger partial charge is 0.398 e. The first kappa shape index (κ1) is 13.1. The van der Waals surface area contributed by atoms with E-state index in [2.05, 4.69) is 32.9 Å². The van der Waals surface area contributed by atoms with E-state index < -0.39 is 0 Å². The van der Waals surface area contributed by atoms with Crippen LogP contribution < -0.4 is 11.1 Å². The Labute approximate surface area is 123 Å². The lowest BCUT2D eigenvalue weighted by molar-refractivity contribution is 0.102. The average Bonchev–Trinajstić information content (AvgIpc) is 2.33. The summed E-state index contributed by atoms with van der Waals surface area (Å²) in [5.41, 5.74) is 6.95. The van der Waals surface area contributed by atoms with Gasteiger partial charge < -0.3 is 11.1 Å². The summed E-state index contributed by atoms with van der Waals surface area (Å²) in [5.74, 6) is -0.330. The van der Waals surface area contributed by atoms with E-state index in [1.54, 1.807) is 18.2 Å². The topological polar surface area (TPSA) is 68.0 Å². The first-order chi connectivity index (χ1) is 8.58. The second kappa shape index (κ2) is 5.53. The van der Waals surface area contributed by atoms with Gasteiger partial charge in [-0.1, -0.05) is 11.6 Å². The number of carbonyl (C=O) groups is 1. The first-order valence-corrected chi connectivity index (χ1v) is 6.49. The molecule has 1 heterocycles. The van der Waals surface area contributed by atoms with Crippen LogP contribution in [0.15, 0.2) is 36.7 Å². The van der Waals surface area contributed by atoms with Gasteiger partial charge in [0.25, 0.3) is 5.91 Å². The van der Waals surface area contributed by atoms with Gasteiger partial charge in [-0.15, -0.1) is 0 Å². The molecule has 0 saturated heterocycles. The maximum absolute atomic E-state index is 12.0. The molecule has 4 nitrogen and oxygen atoms in total. The van der Waals surface area contributed by atoms with E-state index in [1.165, 1.54) is 12.4 Å². The molecule has 0 atom stereocenters. The number of nitrogen functional groups attached to an aromatic ring is 1. The van der Waals surface area contributed by atoms with Crippen molar-refractivity contribution in [1.29, 1.82) is 0 Å². The minimum atomic E-state index is -0.330. The van der Waals surface area contributed by atoms with E-state index in [1.807, 2.05) is 6.07 Å². The van der Waals surface area contributed by atoms with Crippen LogP contribution in [0.1, 0.15) is 10.4 Å². The Morgan fingerprint density at radius 1 is 1.39 bits per heavy atom. The fourth-order valence-electron chi connectivity index (χ4n) is 1.38. The number of pyridine rings is 1. The van der Waals surface area contributed by atoms with Crippen LogP contribution in [0, 0.1) is 3.57 Å². The number of benzene rings is 1. The van der Waals surface area contributed by atoms with Gasteiger partial charge in [-0.2, -0.15) is 0 Å². The van der Waals surface area contributed by atoms with Gasteiger partial charge in [-0.3, -0.25) is 9.78 Å². The Balaban J connectivity index is 2.24.